The number of anilines is 2. The lowest BCUT2D eigenvalue weighted by Crippen LogP contribution is -2.21. The summed E-state index contributed by atoms with van der Waals surface area (Å²) in [6, 6.07) is 1.76. The zero-order valence-electron chi connectivity index (χ0n) is 9.62. The van der Waals surface area contributed by atoms with Gasteiger partial charge in [0, 0.05) is 25.6 Å². The standard InChI is InChI=1S/C10H19N5/c1-4-9-13-8(11)7-10(14-9)12-5-6-15(2)3/h7H,4-6H2,1-3H3,(H3,11,12,13,14). The molecule has 3 N–H and O–H groups in total. The van der Waals surface area contributed by atoms with E-state index in [1.54, 1.807) is 6.07 Å². The molecule has 0 saturated carbocycles. The highest BCUT2D eigenvalue weighted by atomic mass is 15.1. The van der Waals surface area contributed by atoms with Gasteiger partial charge in [0.15, 0.2) is 0 Å². The topological polar surface area (TPSA) is 67.1 Å². The van der Waals surface area contributed by atoms with Gasteiger partial charge in [-0.15, -0.1) is 0 Å². The summed E-state index contributed by atoms with van der Waals surface area (Å²) in [5.41, 5.74) is 5.66. The molecular weight excluding hydrogens is 190 g/mol. The number of nitrogens with one attached hydrogen (secondary N) is 1. The first-order valence-corrected chi connectivity index (χ1v) is 5.14. The third kappa shape index (κ3) is 4.12. The molecule has 1 heterocycles. The third-order valence-electron chi connectivity index (χ3n) is 1.97. The summed E-state index contributed by atoms with van der Waals surface area (Å²) in [4.78, 5) is 10.5. The quantitative estimate of drug-likeness (QED) is 0.743. The summed E-state index contributed by atoms with van der Waals surface area (Å²) in [6.07, 6.45) is 0.799. The molecule has 0 atom stereocenters. The van der Waals surface area contributed by atoms with Gasteiger partial charge in [0.2, 0.25) is 0 Å². The lowest BCUT2D eigenvalue weighted by molar-refractivity contribution is 0.425. The molecule has 0 fully saturated rings. The van der Waals surface area contributed by atoms with Gasteiger partial charge in [-0.05, 0) is 14.1 Å². The van der Waals surface area contributed by atoms with Crippen LogP contribution in [0.5, 0.6) is 0 Å². The fraction of sp³-hybridized carbons (Fsp3) is 0.600. The zero-order chi connectivity index (χ0) is 11.3. The van der Waals surface area contributed by atoms with E-state index in [1.165, 1.54) is 0 Å². The van der Waals surface area contributed by atoms with Crippen molar-refractivity contribution in [3.05, 3.63) is 11.9 Å². The van der Waals surface area contributed by atoms with Crippen molar-refractivity contribution in [3.8, 4) is 0 Å². The van der Waals surface area contributed by atoms with Crippen molar-refractivity contribution < 1.29 is 0 Å². The third-order valence-corrected chi connectivity index (χ3v) is 1.97. The molecule has 5 heteroatoms. The summed E-state index contributed by atoms with van der Waals surface area (Å²) in [6.45, 7) is 3.83. The summed E-state index contributed by atoms with van der Waals surface area (Å²) in [5.74, 6) is 2.11. The Morgan fingerprint density at radius 3 is 2.73 bits per heavy atom. The molecule has 0 bridgehead atoms. The second-order valence-electron chi connectivity index (χ2n) is 3.68. The molecule has 84 valence electrons. The van der Waals surface area contributed by atoms with E-state index in [0.29, 0.717) is 5.82 Å². The molecule has 0 aromatic carbocycles. The number of nitrogen functional groups attached to an aromatic ring is 1. The predicted octanol–water partition coefficient (Wildman–Crippen LogP) is 0.595. The van der Waals surface area contributed by atoms with Crippen molar-refractivity contribution in [1.82, 2.24) is 14.9 Å². The van der Waals surface area contributed by atoms with Crippen molar-refractivity contribution >= 4 is 11.6 Å². The van der Waals surface area contributed by atoms with Gasteiger partial charge in [0.1, 0.15) is 17.5 Å². The van der Waals surface area contributed by atoms with Crippen LogP contribution >= 0.6 is 0 Å². The molecule has 0 radical (unpaired) electrons. The van der Waals surface area contributed by atoms with Gasteiger partial charge in [-0.25, -0.2) is 9.97 Å². The highest BCUT2D eigenvalue weighted by Crippen LogP contribution is 2.08. The average Bonchev–Trinajstić information content (AvgIpc) is 2.16. The molecule has 0 unspecified atom stereocenters. The molecule has 1 rings (SSSR count). The van der Waals surface area contributed by atoms with Crippen LogP contribution in [0, 0.1) is 0 Å². The first kappa shape index (κ1) is 11.7. The summed E-state index contributed by atoms with van der Waals surface area (Å²) >= 11 is 0. The number of rotatable bonds is 5. The first-order valence-electron chi connectivity index (χ1n) is 5.14. The molecule has 5 nitrogen and oxygen atoms in total. The van der Waals surface area contributed by atoms with E-state index in [2.05, 4.69) is 20.2 Å². The van der Waals surface area contributed by atoms with Crippen molar-refractivity contribution in [2.75, 3.05) is 38.2 Å². The Bertz CT molecular complexity index is 311. The number of hydrogen-bond donors (Lipinski definition) is 2. The van der Waals surface area contributed by atoms with Crippen LogP contribution in [-0.2, 0) is 6.42 Å². The highest BCUT2D eigenvalue weighted by Gasteiger charge is 2.00. The minimum absolute atomic E-state index is 0.522. The van der Waals surface area contributed by atoms with Gasteiger partial charge in [-0.3, -0.25) is 0 Å². The Kier molecular flexibility index (Phi) is 4.30. The van der Waals surface area contributed by atoms with Crippen molar-refractivity contribution in [2.45, 2.75) is 13.3 Å². The predicted molar refractivity (Wildman–Crippen MR) is 62.9 cm³/mol. The normalized spacial score (nSPS) is 10.7. The molecule has 0 aliphatic carbocycles. The van der Waals surface area contributed by atoms with E-state index < -0.39 is 0 Å². The van der Waals surface area contributed by atoms with Crippen molar-refractivity contribution in [2.24, 2.45) is 0 Å². The van der Waals surface area contributed by atoms with Crippen LogP contribution in [0.1, 0.15) is 12.7 Å². The summed E-state index contributed by atoms with van der Waals surface area (Å²) < 4.78 is 0. The molecule has 15 heavy (non-hydrogen) atoms. The van der Waals surface area contributed by atoms with Gasteiger partial charge in [-0.2, -0.15) is 0 Å². The van der Waals surface area contributed by atoms with E-state index in [1.807, 2.05) is 21.0 Å². The van der Waals surface area contributed by atoms with Crippen LogP contribution < -0.4 is 11.1 Å². The lowest BCUT2D eigenvalue weighted by Gasteiger charge is -2.11. The summed E-state index contributed by atoms with van der Waals surface area (Å²) in [5, 5.41) is 3.22. The van der Waals surface area contributed by atoms with Gasteiger partial charge in [0.05, 0.1) is 0 Å². The van der Waals surface area contributed by atoms with Crippen LogP contribution in [0.15, 0.2) is 6.07 Å². The molecule has 0 aliphatic rings. The number of aromatic nitrogens is 2. The molecule has 0 saturated heterocycles. The highest BCUT2D eigenvalue weighted by molar-refractivity contribution is 5.44. The molecule has 1 aromatic heterocycles. The number of nitrogens with zero attached hydrogens (tertiary/aromatic N) is 3. The lowest BCUT2D eigenvalue weighted by atomic mass is 10.4. The smallest absolute Gasteiger partial charge is 0.132 e. The minimum atomic E-state index is 0.522. The SMILES string of the molecule is CCc1nc(N)cc(NCCN(C)C)n1. The maximum absolute atomic E-state index is 5.66. The molecule has 0 amide bonds. The Balaban J connectivity index is 2.56. The van der Waals surface area contributed by atoms with E-state index >= 15 is 0 Å². The Labute approximate surface area is 90.7 Å². The van der Waals surface area contributed by atoms with Crippen LogP contribution in [0.4, 0.5) is 11.6 Å². The Morgan fingerprint density at radius 2 is 2.13 bits per heavy atom. The molecular formula is C10H19N5. The Hall–Kier alpha value is -1.36. The number of likely N-dealkylation sites (N-methyl/N-ethyl adjacent to an activating group) is 1. The van der Waals surface area contributed by atoms with Gasteiger partial charge in [-0.1, -0.05) is 6.92 Å². The average molecular weight is 209 g/mol. The second-order valence-corrected chi connectivity index (χ2v) is 3.68. The van der Waals surface area contributed by atoms with E-state index in [9.17, 15) is 0 Å². The number of hydrogen-bond acceptors (Lipinski definition) is 5. The van der Waals surface area contributed by atoms with Crippen LogP contribution in [-0.4, -0.2) is 42.1 Å². The van der Waals surface area contributed by atoms with E-state index in [4.69, 9.17) is 5.73 Å². The first-order chi connectivity index (χ1) is 7.11. The van der Waals surface area contributed by atoms with Crippen molar-refractivity contribution in [1.29, 1.82) is 0 Å². The van der Waals surface area contributed by atoms with E-state index in [0.717, 1.165) is 31.2 Å². The van der Waals surface area contributed by atoms with Gasteiger partial charge < -0.3 is 16.0 Å². The molecule has 1 aromatic rings. The number of aryl methyl sites for hydroxylation is 1. The van der Waals surface area contributed by atoms with E-state index in [-0.39, 0.29) is 0 Å². The fourth-order valence-electron chi connectivity index (χ4n) is 1.17. The monoisotopic (exact) mass is 209 g/mol. The molecule has 0 aliphatic heterocycles. The van der Waals surface area contributed by atoms with Crippen molar-refractivity contribution in [3.63, 3.8) is 0 Å². The number of nitrogens with two attached hydrogens (primary N) is 1. The maximum atomic E-state index is 5.66. The summed E-state index contributed by atoms with van der Waals surface area (Å²) in [7, 11) is 4.07. The fourth-order valence-corrected chi connectivity index (χ4v) is 1.17. The van der Waals surface area contributed by atoms with Gasteiger partial charge in [0.25, 0.3) is 0 Å². The second kappa shape index (κ2) is 5.50. The van der Waals surface area contributed by atoms with Crippen LogP contribution in [0.25, 0.3) is 0 Å². The largest absolute Gasteiger partial charge is 0.384 e. The molecule has 0 spiro atoms. The van der Waals surface area contributed by atoms with Crippen LogP contribution in [0.2, 0.25) is 0 Å². The zero-order valence-corrected chi connectivity index (χ0v) is 9.62. The maximum Gasteiger partial charge on any atom is 0.132 e. The Morgan fingerprint density at radius 1 is 1.40 bits per heavy atom. The minimum Gasteiger partial charge on any atom is -0.384 e. The van der Waals surface area contributed by atoms with Gasteiger partial charge >= 0.3 is 0 Å². The van der Waals surface area contributed by atoms with Crippen LogP contribution in [0.3, 0.4) is 0 Å².